The molecule has 0 N–H and O–H groups in total. The van der Waals surface area contributed by atoms with Gasteiger partial charge in [-0.25, -0.2) is 0 Å². The highest BCUT2D eigenvalue weighted by molar-refractivity contribution is 5.53. The van der Waals surface area contributed by atoms with Gasteiger partial charge in [0, 0.05) is 65.5 Å². The average Bonchev–Trinajstić information content (AvgIpc) is 4.28. The van der Waals surface area contributed by atoms with Crippen molar-refractivity contribution >= 4 is 0 Å². The van der Waals surface area contributed by atoms with Crippen molar-refractivity contribution in [3.8, 4) is 0 Å². The Bertz CT molecular complexity index is 1910. The van der Waals surface area contributed by atoms with Crippen LogP contribution in [0.1, 0.15) is 244 Å². The maximum absolute atomic E-state index is 2.90. The van der Waals surface area contributed by atoms with Crippen LogP contribution in [0.2, 0.25) is 0 Å². The van der Waals surface area contributed by atoms with E-state index < -0.39 is 0 Å². The molecule has 2 heteroatoms. The van der Waals surface area contributed by atoms with Crippen LogP contribution in [-0.4, -0.2) is 0 Å². The van der Waals surface area contributed by atoms with Gasteiger partial charge in [-0.15, -0.1) is 0 Å². The third-order valence-corrected chi connectivity index (χ3v) is 17.0. The van der Waals surface area contributed by atoms with Crippen molar-refractivity contribution in [2.45, 2.75) is 223 Å². The summed E-state index contributed by atoms with van der Waals surface area (Å²) in [4.78, 5) is 0. The van der Waals surface area contributed by atoms with Crippen LogP contribution in [0.25, 0.3) is 0 Å². The van der Waals surface area contributed by atoms with Crippen LogP contribution in [0.5, 0.6) is 0 Å². The number of hydrogen-bond donors (Lipinski definition) is 0. The maximum atomic E-state index is 2.90. The molecule has 2 aromatic carbocycles. The second kappa shape index (κ2) is 23.0. The minimum atomic E-state index is 0.313. The lowest BCUT2D eigenvalue weighted by Gasteiger charge is -2.40. The summed E-state index contributed by atoms with van der Waals surface area (Å²) in [5.41, 5.74) is 14.3. The molecule has 7 aliphatic carbocycles. The second-order valence-electron chi connectivity index (χ2n) is 18.0. The lowest BCUT2D eigenvalue weighted by molar-refractivity contribution is -0.773. The highest BCUT2D eigenvalue weighted by Gasteiger charge is 2.76. The van der Waals surface area contributed by atoms with Gasteiger partial charge in [0.2, 0.25) is 11.1 Å². The summed E-state index contributed by atoms with van der Waals surface area (Å²) in [6.45, 7) is 32.0. The summed E-state index contributed by atoms with van der Waals surface area (Å²) in [7, 11) is 0. The van der Waals surface area contributed by atoms with Gasteiger partial charge < -0.3 is 0 Å². The van der Waals surface area contributed by atoms with E-state index in [4.69, 9.17) is 0 Å². The van der Waals surface area contributed by atoms with E-state index in [2.05, 4.69) is 94.2 Å². The zero-order chi connectivity index (χ0) is 46.9. The number of rotatable bonds is 0. The summed E-state index contributed by atoms with van der Waals surface area (Å²) in [5, 5.41) is 0. The van der Waals surface area contributed by atoms with Crippen LogP contribution in [0.3, 0.4) is 0 Å². The number of fused-ring (bicyclic) bond motifs is 8. The normalized spacial score (nSPS) is 32.7. The van der Waals surface area contributed by atoms with E-state index >= 15 is 0 Å². The average molecular weight is 869 g/mol. The molecule has 64 heavy (non-hydrogen) atoms. The van der Waals surface area contributed by atoms with E-state index in [9.17, 15) is 0 Å². The van der Waals surface area contributed by atoms with Crippen LogP contribution in [0.15, 0.2) is 85.1 Å². The number of hydrogen-bond acceptors (Lipinski definition) is 0. The standard InChI is InChI=1S/2C23H24N.8C2H6/c1-2-12-24-20(9-1)18-11-10-15-13-14-5-3-7-17-16-6-4-8-19(16)23(24,21(14)17)22(15)18;1-2-8-19-16(6-1)17-12-11-14-13-15-5-3-10-21-18-7-4-9-20(18)23(19,22(14)17)24(15)21;8*1-2/h1-3,5,7,9,12,15-16,18-19,22H,4,6,8,10-11,13H2;1-3,5-6,8,10,14,17-18,20,22H,4,7,9,11-13H2;8*1-2H3/q2*+1;;;;;;;;. The summed E-state index contributed by atoms with van der Waals surface area (Å²) >= 11 is 0. The Hall–Kier alpha value is -3.26. The summed E-state index contributed by atoms with van der Waals surface area (Å²) in [5.74, 6) is 8.59. The van der Waals surface area contributed by atoms with E-state index in [1.165, 1.54) is 77.0 Å². The molecule has 12 unspecified atom stereocenters. The molecule has 2 nitrogen and oxygen atoms in total. The van der Waals surface area contributed by atoms with Gasteiger partial charge in [-0.05, 0) is 104 Å². The van der Waals surface area contributed by atoms with Gasteiger partial charge in [0.25, 0.3) is 0 Å². The Kier molecular flexibility index (Phi) is 18.6. The summed E-state index contributed by atoms with van der Waals surface area (Å²) < 4.78 is 5.69. The smallest absolute Gasteiger partial charge is 0.192 e. The van der Waals surface area contributed by atoms with Crippen molar-refractivity contribution < 1.29 is 9.13 Å². The molecule has 0 bridgehead atoms. The first-order chi connectivity index (χ1) is 31.8. The number of nitrogens with zero attached hydrogens (tertiary/aromatic N) is 2. The first-order valence-electron chi connectivity index (χ1n) is 28.1. The van der Waals surface area contributed by atoms with Crippen molar-refractivity contribution in [2.75, 3.05) is 0 Å². The molecule has 2 spiro atoms. The molecule has 2 aromatic heterocycles. The molecule has 4 fully saturated rings. The molecule has 0 saturated heterocycles. The Balaban J connectivity index is 0.000000185. The third-order valence-electron chi connectivity index (χ3n) is 17.0. The van der Waals surface area contributed by atoms with Gasteiger partial charge in [0.15, 0.2) is 23.3 Å². The van der Waals surface area contributed by atoms with E-state index in [1.807, 2.05) is 111 Å². The van der Waals surface area contributed by atoms with Crippen molar-refractivity contribution in [3.05, 3.63) is 130 Å². The Morgan fingerprint density at radius 2 is 0.969 bits per heavy atom. The molecule has 4 aromatic rings. The molecule has 3 aliphatic heterocycles. The van der Waals surface area contributed by atoms with E-state index in [-0.39, 0.29) is 0 Å². The lowest BCUT2D eigenvalue weighted by Crippen LogP contribution is -2.66. The predicted octanol–water partition coefficient (Wildman–Crippen LogP) is 16.8. The molecule has 0 radical (unpaired) electrons. The number of aromatic nitrogens is 2. The highest BCUT2D eigenvalue weighted by Crippen LogP contribution is 2.71. The molecule has 4 saturated carbocycles. The van der Waals surface area contributed by atoms with E-state index in [0.29, 0.717) is 11.1 Å². The molecule has 10 aliphatic rings. The van der Waals surface area contributed by atoms with Gasteiger partial charge >= 0.3 is 0 Å². The van der Waals surface area contributed by atoms with E-state index in [0.717, 1.165) is 59.2 Å². The monoisotopic (exact) mass is 869 g/mol. The molecule has 352 valence electrons. The maximum Gasteiger partial charge on any atom is 0.201 e. The molecule has 0 amide bonds. The molecule has 5 heterocycles. The fourth-order valence-corrected chi connectivity index (χ4v) is 16.3. The summed E-state index contributed by atoms with van der Waals surface area (Å²) in [6.07, 6.45) is 19.5. The quantitative estimate of drug-likeness (QED) is 0.156. The highest BCUT2D eigenvalue weighted by atomic mass is 15.2. The van der Waals surface area contributed by atoms with Crippen molar-refractivity contribution in [2.24, 2.45) is 35.5 Å². The van der Waals surface area contributed by atoms with E-state index in [1.54, 1.807) is 44.9 Å². The van der Waals surface area contributed by atoms with Crippen LogP contribution < -0.4 is 9.13 Å². The predicted molar refractivity (Wildman–Crippen MR) is 277 cm³/mol. The Labute approximate surface area is 395 Å². The van der Waals surface area contributed by atoms with Gasteiger partial charge in [0.05, 0.1) is 11.8 Å². The van der Waals surface area contributed by atoms with Gasteiger partial charge in [0.1, 0.15) is 0 Å². The number of pyridine rings is 2. The van der Waals surface area contributed by atoms with Crippen LogP contribution in [0.4, 0.5) is 0 Å². The molecular formula is C62H96N2+2. The van der Waals surface area contributed by atoms with Gasteiger partial charge in [-0.2, -0.15) is 9.13 Å². The second-order valence-corrected chi connectivity index (χ2v) is 18.0. The van der Waals surface area contributed by atoms with Crippen molar-refractivity contribution in [1.82, 2.24) is 0 Å². The largest absolute Gasteiger partial charge is 0.201 e. The minimum absolute atomic E-state index is 0.313. The zero-order valence-corrected chi connectivity index (χ0v) is 44.2. The fourth-order valence-electron chi connectivity index (χ4n) is 16.3. The topological polar surface area (TPSA) is 7.76 Å². The van der Waals surface area contributed by atoms with Crippen LogP contribution in [0, 0.1) is 35.5 Å². The third kappa shape index (κ3) is 7.22. The summed E-state index contributed by atoms with van der Waals surface area (Å²) in [6, 6.07) is 31.2. The van der Waals surface area contributed by atoms with Crippen LogP contribution in [-0.2, 0) is 23.9 Å². The first kappa shape index (κ1) is 51.7. The van der Waals surface area contributed by atoms with Gasteiger partial charge in [-0.3, -0.25) is 0 Å². The van der Waals surface area contributed by atoms with Crippen molar-refractivity contribution in [1.29, 1.82) is 0 Å². The van der Waals surface area contributed by atoms with Gasteiger partial charge in [-0.1, -0.05) is 172 Å². The van der Waals surface area contributed by atoms with Crippen molar-refractivity contribution in [3.63, 3.8) is 0 Å². The Morgan fingerprint density at radius 1 is 0.422 bits per heavy atom. The number of benzene rings is 2. The van der Waals surface area contributed by atoms with Crippen LogP contribution >= 0.6 is 0 Å². The minimum Gasteiger partial charge on any atom is -0.192 e. The first-order valence-corrected chi connectivity index (χ1v) is 28.1. The molecule has 14 rings (SSSR count). The SMILES string of the molecule is CC.CC.CC.CC.CC.CC.CC.CC.c1cc2c3c(c1)C1CCCC1C31C3C(CCC3c3cccc[n+]31)C2.c1ccc2c(c1)C1CCC3Cc4cccc5[n+]4C2(C2CCCC52)C31. The molecule has 12 atom stereocenters. The zero-order valence-electron chi connectivity index (χ0n) is 44.2. The fraction of sp³-hybridized carbons (Fsp3) is 0.645. The molecular weight excluding hydrogens is 773 g/mol. The Morgan fingerprint density at radius 3 is 1.67 bits per heavy atom. The lowest BCUT2D eigenvalue weighted by atomic mass is 9.62.